The van der Waals surface area contributed by atoms with Crippen molar-refractivity contribution in [2.24, 2.45) is 0 Å². The number of nitrogens with one attached hydrogen (secondary N) is 1. The first-order chi connectivity index (χ1) is 18.0. The number of aryl methyl sites for hydroxylation is 1. The van der Waals surface area contributed by atoms with E-state index in [1.54, 1.807) is 11.5 Å². The number of aliphatic hydroxyl groups is 2. The van der Waals surface area contributed by atoms with Crippen molar-refractivity contribution < 1.29 is 33.6 Å². The molecular formula is C19H27BN8O9P-. The third-order valence-corrected chi connectivity index (χ3v) is 6.85. The van der Waals surface area contributed by atoms with Gasteiger partial charge in [0.1, 0.15) is 49.5 Å². The Kier molecular flexibility index (Phi) is 7.32. The highest BCUT2D eigenvalue weighted by Gasteiger charge is 2.42. The summed E-state index contributed by atoms with van der Waals surface area (Å²) in [6, 6.07) is 0. The Labute approximate surface area is 215 Å². The van der Waals surface area contributed by atoms with Crippen molar-refractivity contribution >= 4 is 32.5 Å². The number of aromatic amines is 1. The van der Waals surface area contributed by atoms with Crippen LogP contribution in [0.3, 0.4) is 0 Å². The molecule has 0 amide bonds. The minimum absolute atomic E-state index is 0.0720. The van der Waals surface area contributed by atoms with Crippen molar-refractivity contribution in [1.29, 1.82) is 0 Å². The Morgan fingerprint density at radius 1 is 1.21 bits per heavy atom. The van der Waals surface area contributed by atoms with Crippen LogP contribution in [0.5, 0.6) is 0 Å². The number of nitrogens with two attached hydrogens (primary N) is 1. The maximum Gasteiger partial charge on any atom is 0.354 e. The number of imidazole rings is 1. The summed E-state index contributed by atoms with van der Waals surface area (Å²) < 4.78 is 25.8. The molecule has 5 heterocycles. The number of anilines is 1. The van der Waals surface area contributed by atoms with Crippen molar-refractivity contribution in [3.63, 3.8) is 0 Å². The van der Waals surface area contributed by atoms with E-state index >= 15 is 0 Å². The first-order valence-electron chi connectivity index (χ1n) is 11.2. The number of hydrogen-bond acceptors (Lipinski definition) is 14. The van der Waals surface area contributed by atoms with Gasteiger partial charge in [-0.1, -0.05) is 0 Å². The second kappa shape index (κ2) is 10.4. The molecule has 5 rings (SSSR count). The van der Waals surface area contributed by atoms with Gasteiger partial charge in [-0.25, -0.2) is 19.7 Å². The smallest absolute Gasteiger partial charge is 0.354 e. The first-order valence-corrected chi connectivity index (χ1v) is 12.3. The molecule has 0 spiro atoms. The fraction of sp³-hybridized carbons (Fsp3) is 0.579. The lowest BCUT2D eigenvalue weighted by Gasteiger charge is -2.35. The molecule has 38 heavy (non-hydrogen) atoms. The molecule has 0 aromatic carbocycles. The van der Waals surface area contributed by atoms with Crippen molar-refractivity contribution in [2.75, 3.05) is 18.9 Å². The summed E-state index contributed by atoms with van der Waals surface area (Å²) in [5, 5.41) is 20.3. The molecule has 0 bridgehead atoms. The molecule has 5 N–H and O–H groups in total. The van der Waals surface area contributed by atoms with Gasteiger partial charge >= 0.3 is 5.69 Å². The lowest BCUT2D eigenvalue weighted by molar-refractivity contribution is -0.219. The summed E-state index contributed by atoms with van der Waals surface area (Å²) in [7, 11) is -4.50. The lowest BCUT2D eigenvalue weighted by Crippen LogP contribution is -2.33. The van der Waals surface area contributed by atoms with Gasteiger partial charge in [0.05, 0.1) is 26.9 Å². The fourth-order valence-corrected chi connectivity index (χ4v) is 5.03. The fourth-order valence-electron chi connectivity index (χ4n) is 4.26. The number of nitrogens with zero attached hydrogens (tertiary/aromatic N) is 6. The standard InChI is InChI=1S/C19H27BN8O9P/c1-8-24-16-15(17(31)25-8)22-6-27(16)14-3-10(11(4-29)35-14)37-38(20,33)34-5-12-9(30)2-13(36-12)28-7-23-18(21)26-19(28)32/h6-7,9-14,29-30H,2-5H2,1,20H3,(H2,21,26,32)(H,24,25,31)/q-1/t9?,10?,11-,12-,13-,14-,38?/m1/s1. The molecule has 3 aromatic heterocycles. The van der Waals surface area contributed by atoms with Crippen LogP contribution in [0, 0.1) is 6.92 Å². The Morgan fingerprint density at radius 2 is 1.92 bits per heavy atom. The molecule has 2 fully saturated rings. The molecule has 2 aliphatic rings. The van der Waals surface area contributed by atoms with Crippen molar-refractivity contribution in [1.82, 2.24) is 34.1 Å². The molecule has 7 atom stereocenters. The Morgan fingerprint density at radius 3 is 2.66 bits per heavy atom. The first kappa shape index (κ1) is 26.8. The summed E-state index contributed by atoms with van der Waals surface area (Å²) in [6.45, 7) is 1.01. The normalized spacial score (nSPS) is 29.2. The molecular weight excluding hydrogens is 526 g/mol. The summed E-state index contributed by atoms with van der Waals surface area (Å²) in [5.74, 6) is 0.228. The highest BCUT2D eigenvalue weighted by Crippen LogP contribution is 2.51. The number of rotatable bonds is 8. The van der Waals surface area contributed by atoms with E-state index in [9.17, 15) is 24.7 Å². The van der Waals surface area contributed by atoms with Gasteiger partial charge in [0.25, 0.3) is 5.56 Å². The summed E-state index contributed by atoms with van der Waals surface area (Å²) in [5.41, 5.74) is 4.81. The van der Waals surface area contributed by atoms with Crippen molar-refractivity contribution in [2.45, 2.75) is 56.6 Å². The van der Waals surface area contributed by atoms with E-state index in [1.807, 2.05) is 0 Å². The molecule has 0 radical (unpaired) electrons. The number of aliphatic hydroxyl groups excluding tert-OH is 2. The van der Waals surface area contributed by atoms with Gasteiger partial charge in [0.15, 0.2) is 18.7 Å². The van der Waals surface area contributed by atoms with Gasteiger partial charge in [-0.3, -0.25) is 23.0 Å². The average molecular weight is 553 g/mol. The van der Waals surface area contributed by atoms with E-state index < -0.39 is 64.6 Å². The predicted octanol–water partition coefficient (Wildman–Crippen LogP) is -3.60. The molecule has 0 aliphatic carbocycles. The van der Waals surface area contributed by atoms with Crippen LogP contribution in [0.25, 0.3) is 11.2 Å². The molecule has 19 heteroatoms. The number of ether oxygens (including phenoxy) is 2. The zero-order valence-corrected chi connectivity index (χ0v) is 20.3. The largest absolute Gasteiger partial charge is 0.670 e. The van der Waals surface area contributed by atoms with Gasteiger partial charge < -0.3 is 35.3 Å². The Balaban J connectivity index is 1.22. The lowest BCUT2D eigenvalue weighted by atomic mass is 10.2. The summed E-state index contributed by atoms with van der Waals surface area (Å²) >= 11 is 0. The topological polar surface area (TPSA) is 238 Å². The number of fused-ring (bicyclic) bond motifs is 1. The van der Waals surface area contributed by atoms with Crippen LogP contribution in [0.1, 0.15) is 31.1 Å². The number of aromatic nitrogens is 7. The van der Waals surface area contributed by atoms with Gasteiger partial charge in [-0.15, -0.1) is 0 Å². The summed E-state index contributed by atoms with van der Waals surface area (Å²) in [6.07, 6.45) is -2.06. The van der Waals surface area contributed by atoms with Crippen LogP contribution in [0.15, 0.2) is 22.2 Å². The monoisotopic (exact) mass is 553 g/mol. The van der Waals surface area contributed by atoms with Crippen LogP contribution >= 0.6 is 7.82 Å². The molecule has 2 aliphatic heterocycles. The quantitative estimate of drug-likeness (QED) is 0.156. The van der Waals surface area contributed by atoms with E-state index in [-0.39, 0.29) is 36.5 Å². The number of H-pyrrole nitrogens is 1. The maximum atomic E-state index is 13.3. The average Bonchev–Trinajstić information content (AvgIpc) is 3.54. The molecule has 0 saturated carbocycles. The van der Waals surface area contributed by atoms with E-state index in [0.717, 1.165) is 4.57 Å². The molecule has 3 unspecified atom stereocenters. The van der Waals surface area contributed by atoms with Gasteiger partial charge in [-0.05, 0) is 6.92 Å². The van der Waals surface area contributed by atoms with E-state index in [4.69, 9.17) is 24.3 Å². The second-order valence-electron chi connectivity index (χ2n) is 8.52. The van der Waals surface area contributed by atoms with Crippen molar-refractivity contribution in [3.8, 4) is 0 Å². The van der Waals surface area contributed by atoms with Crippen LogP contribution in [0.2, 0.25) is 0 Å². The van der Waals surface area contributed by atoms with Gasteiger partial charge in [0, 0.05) is 12.8 Å². The van der Waals surface area contributed by atoms with E-state index in [1.165, 1.54) is 12.7 Å². The third-order valence-electron chi connectivity index (χ3n) is 6.05. The number of hydrogen-bond donors (Lipinski definition) is 4. The van der Waals surface area contributed by atoms with Crippen LogP contribution in [0.4, 0.5) is 5.95 Å². The van der Waals surface area contributed by atoms with Gasteiger partial charge in [-0.2, -0.15) is 4.98 Å². The third kappa shape index (κ3) is 5.34. The maximum absolute atomic E-state index is 13.3. The SMILES string of the molecule is [BH3-][P+]([O-])(OC[C@H]1O[C@@H](n2cnc(N)nc2=O)CC1O)OC1C[C@H](n2cnc3c(=O)[nH]c(C)nc32)O[C@@H]1CO. The van der Waals surface area contributed by atoms with Crippen LogP contribution in [-0.4, -0.2) is 89.5 Å². The van der Waals surface area contributed by atoms with E-state index in [0.29, 0.717) is 11.5 Å². The zero-order chi connectivity index (χ0) is 27.2. The Bertz CT molecular complexity index is 1430. The molecule has 17 nitrogen and oxygen atoms in total. The molecule has 2 saturated heterocycles. The minimum atomic E-state index is -3.48. The van der Waals surface area contributed by atoms with Crippen LogP contribution in [-0.2, 0) is 18.5 Å². The second-order valence-corrected chi connectivity index (χ2v) is 9.44. The zero-order valence-electron chi connectivity index (χ0n) is 19.4. The highest BCUT2D eigenvalue weighted by molar-refractivity contribution is 7.83. The summed E-state index contributed by atoms with van der Waals surface area (Å²) in [4.78, 5) is 55.8. The van der Waals surface area contributed by atoms with Crippen LogP contribution < -0.4 is 21.9 Å². The Hall–Kier alpha value is -2.83. The highest BCUT2D eigenvalue weighted by atomic mass is 31.2. The van der Waals surface area contributed by atoms with Crippen molar-refractivity contribution in [3.05, 3.63) is 39.3 Å². The molecule has 3 aromatic rings. The number of nitrogen functional groups attached to an aromatic ring is 1. The minimum Gasteiger partial charge on any atom is -0.670 e. The molecule has 206 valence electrons. The van der Waals surface area contributed by atoms with E-state index in [2.05, 4.69) is 24.9 Å². The predicted molar refractivity (Wildman–Crippen MR) is 131 cm³/mol. The van der Waals surface area contributed by atoms with Gasteiger partial charge in [0.2, 0.25) is 5.95 Å².